The molecule has 1 fully saturated rings. The van der Waals surface area contributed by atoms with Gasteiger partial charge in [0.1, 0.15) is 0 Å². The summed E-state index contributed by atoms with van der Waals surface area (Å²) in [5, 5.41) is 0.343. The largest absolute Gasteiger partial charge is 0.333 e. The summed E-state index contributed by atoms with van der Waals surface area (Å²) in [5.74, 6) is 5.58. The zero-order chi connectivity index (χ0) is 14.0. The van der Waals surface area contributed by atoms with Crippen molar-refractivity contribution in [2.24, 2.45) is 5.84 Å². The van der Waals surface area contributed by atoms with E-state index in [1.165, 1.54) is 6.20 Å². The van der Waals surface area contributed by atoms with E-state index in [0.29, 0.717) is 22.9 Å². The molecule has 2 heterocycles. The molecule has 1 aromatic heterocycles. The van der Waals surface area contributed by atoms with Gasteiger partial charge in [-0.1, -0.05) is 11.6 Å². The number of hydrogen-bond acceptors (Lipinski definition) is 5. The lowest BCUT2D eigenvalue weighted by molar-refractivity contribution is 0.0533. The molecule has 1 atom stereocenters. The molecule has 7 heteroatoms. The number of nitrogens with zero attached hydrogens (tertiary/aromatic N) is 3. The molecular formula is C12H18ClN5O. The van der Waals surface area contributed by atoms with E-state index >= 15 is 0 Å². The van der Waals surface area contributed by atoms with E-state index in [9.17, 15) is 4.79 Å². The van der Waals surface area contributed by atoms with Crippen molar-refractivity contribution in [3.05, 3.63) is 22.8 Å². The molecular weight excluding hydrogens is 266 g/mol. The highest BCUT2D eigenvalue weighted by Crippen LogP contribution is 2.21. The van der Waals surface area contributed by atoms with Crippen LogP contribution in [-0.4, -0.2) is 53.4 Å². The average molecular weight is 284 g/mol. The molecule has 1 unspecified atom stereocenters. The van der Waals surface area contributed by atoms with Gasteiger partial charge in [0.25, 0.3) is 5.91 Å². The Morgan fingerprint density at radius 1 is 1.58 bits per heavy atom. The SMILES string of the molecule is CC1CN(C)CCN1C(=O)c1cnc(NN)c(Cl)c1. The first-order chi connectivity index (χ1) is 9.02. The van der Waals surface area contributed by atoms with Crippen molar-refractivity contribution in [3.63, 3.8) is 0 Å². The van der Waals surface area contributed by atoms with Crippen molar-refractivity contribution in [2.45, 2.75) is 13.0 Å². The van der Waals surface area contributed by atoms with Crippen LogP contribution in [0, 0.1) is 0 Å². The third kappa shape index (κ3) is 2.97. The molecule has 0 aliphatic carbocycles. The number of hydrogen-bond donors (Lipinski definition) is 2. The van der Waals surface area contributed by atoms with Gasteiger partial charge < -0.3 is 15.2 Å². The topological polar surface area (TPSA) is 74.5 Å². The number of nitrogens with two attached hydrogens (primary N) is 1. The van der Waals surface area contributed by atoms with Crippen LogP contribution in [0.3, 0.4) is 0 Å². The Hall–Kier alpha value is -1.37. The molecule has 0 bridgehead atoms. The maximum Gasteiger partial charge on any atom is 0.255 e. The molecule has 0 saturated carbocycles. The van der Waals surface area contributed by atoms with E-state index in [1.807, 2.05) is 11.8 Å². The number of hydrazine groups is 1. The summed E-state index contributed by atoms with van der Waals surface area (Å²) < 4.78 is 0. The summed E-state index contributed by atoms with van der Waals surface area (Å²) in [6.45, 7) is 4.50. The standard InChI is InChI=1S/C12H18ClN5O/c1-8-7-17(2)3-4-18(8)12(19)9-5-10(13)11(16-14)15-6-9/h5-6,8H,3-4,7,14H2,1-2H3,(H,15,16). The van der Waals surface area contributed by atoms with Crippen LogP contribution < -0.4 is 11.3 Å². The van der Waals surface area contributed by atoms with Gasteiger partial charge in [-0.15, -0.1) is 0 Å². The van der Waals surface area contributed by atoms with Gasteiger partial charge in [0.2, 0.25) is 0 Å². The van der Waals surface area contributed by atoms with Crippen LogP contribution in [0.2, 0.25) is 5.02 Å². The molecule has 0 radical (unpaired) electrons. The van der Waals surface area contributed by atoms with Gasteiger partial charge in [-0.3, -0.25) is 4.79 Å². The summed E-state index contributed by atoms with van der Waals surface area (Å²) in [6.07, 6.45) is 1.49. The number of anilines is 1. The molecule has 1 saturated heterocycles. The Morgan fingerprint density at radius 3 is 2.89 bits per heavy atom. The van der Waals surface area contributed by atoms with Crippen molar-refractivity contribution in [1.29, 1.82) is 0 Å². The first-order valence-electron chi connectivity index (χ1n) is 6.14. The summed E-state index contributed by atoms with van der Waals surface area (Å²) in [6, 6.07) is 1.77. The summed E-state index contributed by atoms with van der Waals surface area (Å²) in [4.78, 5) is 20.5. The van der Waals surface area contributed by atoms with Crippen LogP contribution in [-0.2, 0) is 0 Å². The quantitative estimate of drug-likeness (QED) is 0.620. The number of amides is 1. The number of likely N-dealkylation sites (N-methyl/N-ethyl adjacent to an activating group) is 1. The molecule has 1 amide bonds. The number of rotatable bonds is 2. The number of carbonyl (C=O) groups excluding carboxylic acids is 1. The van der Waals surface area contributed by atoms with Crippen LogP contribution in [0.4, 0.5) is 5.82 Å². The number of halogens is 1. The van der Waals surface area contributed by atoms with Crippen LogP contribution >= 0.6 is 11.6 Å². The van der Waals surface area contributed by atoms with Crippen molar-refractivity contribution in [2.75, 3.05) is 32.1 Å². The smallest absolute Gasteiger partial charge is 0.255 e. The van der Waals surface area contributed by atoms with E-state index in [1.54, 1.807) is 6.07 Å². The maximum absolute atomic E-state index is 12.4. The minimum Gasteiger partial charge on any atom is -0.333 e. The normalized spacial score (nSPS) is 20.4. The zero-order valence-electron chi connectivity index (χ0n) is 11.1. The molecule has 104 valence electrons. The maximum atomic E-state index is 12.4. The van der Waals surface area contributed by atoms with E-state index in [0.717, 1.165) is 13.1 Å². The van der Waals surface area contributed by atoms with Gasteiger partial charge in [-0.05, 0) is 20.0 Å². The number of nitrogen functional groups attached to an aromatic ring is 1. The number of piperazine rings is 1. The Labute approximate surface area is 117 Å². The number of aromatic nitrogens is 1. The van der Waals surface area contributed by atoms with E-state index in [-0.39, 0.29) is 11.9 Å². The van der Waals surface area contributed by atoms with Gasteiger partial charge in [0, 0.05) is 31.9 Å². The Morgan fingerprint density at radius 2 is 2.32 bits per heavy atom. The number of nitrogens with one attached hydrogen (secondary N) is 1. The number of carbonyl (C=O) groups is 1. The molecule has 0 spiro atoms. The predicted molar refractivity (Wildman–Crippen MR) is 75.1 cm³/mol. The van der Waals surface area contributed by atoms with Gasteiger partial charge in [0.15, 0.2) is 5.82 Å². The Bertz CT molecular complexity index is 481. The lowest BCUT2D eigenvalue weighted by atomic mass is 10.1. The fourth-order valence-electron chi connectivity index (χ4n) is 2.27. The molecule has 2 rings (SSSR count). The Kier molecular flexibility index (Phi) is 4.24. The molecule has 0 aromatic carbocycles. The molecule has 1 aromatic rings. The van der Waals surface area contributed by atoms with Gasteiger partial charge >= 0.3 is 0 Å². The molecule has 1 aliphatic rings. The molecule has 1 aliphatic heterocycles. The van der Waals surface area contributed by atoms with Crippen molar-refractivity contribution < 1.29 is 4.79 Å². The first kappa shape index (κ1) is 14.0. The Balaban J connectivity index is 2.17. The van der Waals surface area contributed by atoms with Crippen molar-refractivity contribution in [3.8, 4) is 0 Å². The minimum absolute atomic E-state index is 0.0430. The highest BCUT2D eigenvalue weighted by molar-refractivity contribution is 6.33. The summed E-state index contributed by atoms with van der Waals surface area (Å²) >= 11 is 5.99. The van der Waals surface area contributed by atoms with Crippen LogP contribution in [0.1, 0.15) is 17.3 Å². The van der Waals surface area contributed by atoms with E-state index < -0.39 is 0 Å². The third-order valence-corrected chi connectivity index (χ3v) is 3.60. The van der Waals surface area contributed by atoms with Crippen molar-refractivity contribution >= 4 is 23.3 Å². The van der Waals surface area contributed by atoms with Gasteiger partial charge in [-0.25, -0.2) is 10.8 Å². The molecule has 19 heavy (non-hydrogen) atoms. The zero-order valence-corrected chi connectivity index (χ0v) is 11.8. The predicted octanol–water partition coefficient (Wildman–Crippen LogP) is 0.797. The molecule has 3 N–H and O–H groups in total. The van der Waals surface area contributed by atoms with E-state index in [4.69, 9.17) is 17.4 Å². The highest BCUT2D eigenvalue weighted by atomic mass is 35.5. The fraction of sp³-hybridized carbons (Fsp3) is 0.500. The van der Waals surface area contributed by atoms with Crippen LogP contribution in [0.15, 0.2) is 12.3 Å². The second kappa shape index (κ2) is 5.73. The second-order valence-corrected chi connectivity index (χ2v) is 5.22. The van der Waals surface area contributed by atoms with Gasteiger partial charge in [-0.2, -0.15) is 0 Å². The van der Waals surface area contributed by atoms with E-state index in [2.05, 4.69) is 22.4 Å². The summed E-state index contributed by atoms with van der Waals surface area (Å²) in [5.41, 5.74) is 2.87. The third-order valence-electron chi connectivity index (χ3n) is 3.32. The van der Waals surface area contributed by atoms with Gasteiger partial charge in [0.05, 0.1) is 10.6 Å². The molecule has 6 nitrogen and oxygen atoms in total. The minimum atomic E-state index is -0.0430. The monoisotopic (exact) mass is 283 g/mol. The lowest BCUT2D eigenvalue weighted by Crippen LogP contribution is -2.52. The fourth-order valence-corrected chi connectivity index (χ4v) is 2.49. The number of pyridine rings is 1. The summed E-state index contributed by atoms with van der Waals surface area (Å²) in [7, 11) is 2.05. The average Bonchev–Trinajstić information content (AvgIpc) is 2.38. The lowest BCUT2D eigenvalue weighted by Gasteiger charge is -2.38. The van der Waals surface area contributed by atoms with Crippen LogP contribution in [0.25, 0.3) is 0 Å². The van der Waals surface area contributed by atoms with Crippen molar-refractivity contribution in [1.82, 2.24) is 14.8 Å². The van der Waals surface area contributed by atoms with Crippen LogP contribution in [0.5, 0.6) is 0 Å². The first-order valence-corrected chi connectivity index (χ1v) is 6.52. The highest BCUT2D eigenvalue weighted by Gasteiger charge is 2.26. The second-order valence-electron chi connectivity index (χ2n) is 4.81.